The monoisotopic (exact) mass is 526 g/mol. The quantitative estimate of drug-likeness (QED) is 0.116. The van der Waals surface area contributed by atoms with Crippen LogP contribution in [-0.2, 0) is 11.0 Å². The van der Waals surface area contributed by atoms with Gasteiger partial charge in [0, 0.05) is 24.1 Å². The van der Waals surface area contributed by atoms with E-state index in [9.17, 15) is 32.9 Å². The minimum atomic E-state index is -4.64. The van der Waals surface area contributed by atoms with Gasteiger partial charge in [0.1, 0.15) is 0 Å². The van der Waals surface area contributed by atoms with Crippen molar-refractivity contribution in [2.24, 2.45) is 5.10 Å². The van der Waals surface area contributed by atoms with Crippen LogP contribution in [0.1, 0.15) is 18.1 Å². The van der Waals surface area contributed by atoms with Crippen LogP contribution >= 0.6 is 0 Å². The maximum absolute atomic E-state index is 13.4. The van der Waals surface area contributed by atoms with Gasteiger partial charge in [-0.1, -0.05) is 24.3 Å². The van der Waals surface area contributed by atoms with Crippen LogP contribution in [0.5, 0.6) is 11.5 Å². The predicted molar refractivity (Wildman–Crippen MR) is 130 cm³/mol. The molecule has 194 valence electrons. The average Bonchev–Trinajstić information content (AvgIpc) is 2.87. The smallest absolute Gasteiger partial charge is 0.416 e. The second kappa shape index (κ2) is 10.1. The first-order chi connectivity index (χ1) is 18.0. The molecule has 4 rings (SSSR count). The molecule has 0 radical (unpaired) electrons. The second-order valence-electron chi connectivity index (χ2n) is 7.81. The van der Waals surface area contributed by atoms with Gasteiger partial charge in [-0.2, -0.15) is 22.9 Å². The second-order valence-corrected chi connectivity index (χ2v) is 7.81. The fourth-order valence-corrected chi connectivity index (χ4v) is 3.59. The van der Waals surface area contributed by atoms with Crippen molar-refractivity contribution in [2.75, 3.05) is 7.11 Å². The average molecular weight is 526 g/mol. The molecule has 0 aliphatic heterocycles. The summed E-state index contributed by atoms with van der Waals surface area (Å²) in [7, 11) is 1.20. The number of methoxy groups -OCH3 is 1. The maximum atomic E-state index is 13.4. The van der Waals surface area contributed by atoms with Crippen molar-refractivity contribution in [1.82, 2.24) is 9.66 Å². The third-order valence-corrected chi connectivity index (χ3v) is 5.24. The van der Waals surface area contributed by atoms with Gasteiger partial charge < -0.3 is 9.47 Å². The van der Waals surface area contributed by atoms with Gasteiger partial charge in [0.2, 0.25) is 5.75 Å². The summed E-state index contributed by atoms with van der Waals surface area (Å²) in [6.07, 6.45) is -3.57. The van der Waals surface area contributed by atoms with E-state index in [2.05, 4.69) is 10.1 Å². The van der Waals surface area contributed by atoms with E-state index in [0.29, 0.717) is 0 Å². The molecule has 0 spiro atoms. The van der Waals surface area contributed by atoms with E-state index in [1.807, 2.05) is 0 Å². The molecule has 0 N–H and O–H groups in total. The first kappa shape index (κ1) is 26.0. The Bertz CT molecular complexity index is 1660. The molecular weight excluding hydrogens is 509 g/mol. The largest absolute Gasteiger partial charge is 0.493 e. The van der Waals surface area contributed by atoms with Crippen LogP contribution in [0.2, 0.25) is 0 Å². The number of esters is 1. The Balaban J connectivity index is 1.92. The Kier molecular flexibility index (Phi) is 6.93. The molecule has 0 unspecified atom stereocenters. The molecule has 0 fully saturated rings. The number of ether oxygens (including phenoxy) is 2. The highest BCUT2D eigenvalue weighted by Gasteiger charge is 2.31. The molecule has 1 heterocycles. The molecule has 0 saturated carbocycles. The first-order valence-electron chi connectivity index (χ1n) is 10.8. The lowest BCUT2D eigenvalue weighted by molar-refractivity contribution is -0.385. The zero-order valence-electron chi connectivity index (χ0n) is 19.7. The van der Waals surface area contributed by atoms with E-state index in [1.54, 1.807) is 12.1 Å². The van der Waals surface area contributed by atoms with Gasteiger partial charge in [0.05, 0.1) is 34.7 Å². The fraction of sp³-hybridized carbons (Fsp3) is 0.120. The van der Waals surface area contributed by atoms with Gasteiger partial charge >= 0.3 is 17.8 Å². The number of benzene rings is 3. The number of carbonyl (C=O) groups excluding carboxylic acids is 1. The zero-order chi connectivity index (χ0) is 27.6. The summed E-state index contributed by atoms with van der Waals surface area (Å²) in [5.74, 6) is -1.57. The van der Waals surface area contributed by atoms with Gasteiger partial charge in [0.15, 0.2) is 11.6 Å². The number of rotatable bonds is 6. The number of nitro benzene ring substituents is 1. The third kappa shape index (κ3) is 5.21. The standard InChI is InChI=1S/C25H17F3N4O6/c1-14(33)38-22-20(32(35)36)10-15(11-21(22)37-2)13-29-31-23(16-6-5-7-17(12-16)25(26,27)28)30-19-9-4-3-8-18(19)24(31)34/h3-13H,1-2H3. The third-order valence-electron chi connectivity index (χ3n) is 5.24. The van der Waals surface area contributed by atoms with Crippen LogP contribution in [0.15, 0.2) is 70.6 Å². The molecule has 13 heteroatoms. The topological polar surface area (TPSA) is 126 Å². The van der Waals surface area contributed by atoms with Crippen LogP contribution < -0.4 is 15.0 Å². The van der Waals surface area contributed by atoms with Crippen molar-refractivity contribution in [3.05, 3.63) is 92.3 Å². The summed E-state index contributed by atoms with van der Waals surface area (Å²) in [4.78, 5) is 39.9. The Labute approximate surface area is 211 Å². The lowest BCUT2D eigenvalue weighted by Crippen LogP contribution is -2.20. The normalized spacial score (nSPS) is 11.6. The zero-order valence-corrected chi connectivity index (χ0v) is 19.7. The van der Waals surface area contributed by atoms with Gasteiger partial charge in [-0.05, 0) is 30.3 Å². The van der Waals surface area contributed by atoms with Gasteiger partial charge in [-0.25, -0.2) is 4.98 Å². The molecule has 10 nitrogen and oxygen atoms in total. The van der Waals surface area contributed by atoms with Crippen LogP contribution in [0, 0.1) is 10.1 Å². The molecule has 0 amide bonds. The summed E-state index contributed by atoms with van der Waals surface area (Å²) in [5, 5.41) is 15.9. The summed E-state index contributed by atoms with van der Waals surface area (Å²) in [6, 6.07) is 12.8. The minimum Gasteiger partial charge on any atom is -0.493 e. The number of nitro groups is 1. The van der Waals surface area contributed by atoms with E-state index in [4.69, 9.17) is 9.47 Å². The number of hydrogen-bond donors (Lipinski definition) is 0. The Morgan fingerprint density at radius 2 is 1.87 bits per heavy atom. The first-order valence-corrected chi connectivity index (χ1v) is 10.8. The number of aromatic nitrogens is 2. The van der Waals surface area contributed by atoms with Crippen molar-refractivity contribution in [2.45, 2.75) is 13.1 Å². The summed E-state index contributed by atoms with van der Waals surface area (Å²) < 4.78 is 50.9. The maximum Gasteiger partial charge on any atom is 0.416 e. The highest BCUT2D eigenvalue weighted by Crippen LogP contribution is 2.38. The lowest BCUT2D eigenvalue weighted by atomic mass is 10.1. The highest BCUT2D eigenvalue weighted by molar-refractivity contribution is 5.85. The summed E-state index contributed by atoms with van der Waals surface area (Å²) in [5.41, 5.74) is -1.97. The number of halogens is 3. The molecule has 1 aromatic heterocycles. The van der Waals surface area contributed by atoms with Gasteiger partial charge in [0.25, 0.3) is 5.56 Å². The molecule has 0 aliphatic carbocycles. The molecule has 38 heavy (non-hydrogen) atoms. The summed E-state index contributed by atoms with van der Waals surface area (Å²) in [6.45, 7) is 1.06. The van der Waals surface area contributed by atoms with E-state index >= 15 is 0 Å². The number of nitrogens with zero attached hydrogens (tertiary/aromatic N) is 4. The van der Waals surface area contributed by atoms with Gasteiger partial charge in [-0.3, -0.25) is 19.7 Å². The molecule has 0 bridgehead atoms. The van der Waals surface area contributed by atoms with Crippen molar-refractivity contribution < 1.29 is 32.4 Å². The van der Waals surface area contributed by atoms with E-state index in [1.165, 1.54) is 37.4 Å². The molecule has 3 aromatic carbocycles. The van der Waals surface area contributed by atoms with Crippen molar-refractivity contribution in [3.8, 4) is 22.9 Å². The van der Waals surface area contributed by atoms with Gasteiger partial charge in [-0.15, -0.1) is 0 Å². The molecular formula is C25H17F3N4O6. The number of alkyl halides is 3. The van der Waals surface area contributed by atoms with Crippen LogP contribution in [-0.4, -0.2) is 33.9 Å². The molecule has 4 aromatic rings. The van der Waals surface area contributed by atoms with Crippen LogP contribution in [0.4, 0.5) is 18.9 Å². The van der Waals surface area contributed by atoms with E-state index in [0.717, 1.165) is 36.0 Å². The number of fused-ring (bicyclic) bond motifs is 1. The number of para-hydroxylation sites is 1. The SMILES string of the molecule is COc1cc(C=Nn2c(-c3cccc(C(F)(F)F)c3)nc3ccccc3c2=O)cc([N+](=O)[O-])c1OC(C)=O. The lowest BCUT2D eigenvalue weighted by Gasteiger charge is -2.12. The molecule has 0 saturated heterocycles. The highest BCUT2D eigenvalue weighted by atomic mass is 19.4. The van der Waals surface area contributed by atoms with Crippen LogP contribution in [0.3, 0.4) is 0 Å². The Hall–Kier alpha value is -5.07. The van der Waals surface area contributed by atoms with Crippen molar-refractivity contribution in [3.63, 3.8) is 0 Å². The van der Waals surface area contributed by atoms with E-state index < -0.39 is 39.6 Å². The van der Waals surface area contributed by atoms with Crippen molar-refractivity contribution >= 4 is 28.8 Å². The van der Waals surface area contributed by atoms with Crippen LogP contribution in [0.25, 0.3) is 22.3 Å². The number of hydrogen-bond acceptors (Lipinski definition) is 8. The Morgan fingerprint density at radius 1 is 1.13 bits per heavy atom. The fourth-order valence-electron chi connectivity index (χ4n) is 3.59. The van der Waals surface area contributed by atoms with E-state index in [-0.39, 0.29) is 33.6 Å². The molecule has 0 atom stereocenters. The minimum absolute atomic E-state index is 0.0337. The van der Waals surface area contributed by atoms with Crippen molar-refractivity contribution in [1.29, 1.82) is 0 Å². The molecule has 0 aliphatic rings. The Morgan fingerprint density at radius 3 is 2.53 bits per heavy atom. The predicted octanol–water partition coefficient (Wildman–Crippen LogP) is 4.81. The summed E-state index contributed by atoms with van der Waals surface area (Å²) >= 11 is 0. The number of carbonyl (C=O) groups is 1.